The quantitative estimate of drug-likeness (QED) is 0.463. The summed E-state index contributed by atoms with van der Waals surface area (Å²) in [5, 5.41) is 7.50. The molecule has 0 amide bonds. The lowest BCUT2D eigenvalue weighted by molar-refractivity contribution is -0.140. The van der Waals surface area contributed by atoms with Crippen molar-refractivity contribution in [1.29, 1.82) is 0 Å². The van der Waals surface area contributed by atoms with Crippen LogP contribution in [0.5, 0.6) is 0 Å². The summed E-state index contributed by atoms with van der Waals surface area (Å²) in [7, 11) is 1.61. The first kappa shape index (κ1) is 19.2. The second kappa shape index (κ2) is 8.43. The molecule has 0 fully saturated rings. The van der Waals surface area contributed by atoms with E-state index < -0.39 is 11.9 Å². The fourth-order valence-electron chi connectivity index (χ4n) is 2.60. The number of benzene rings is 1. The van der Waals surface area contributed by atoms with Gasteiger partial charge in [-0.3, -0.25) is 4.99 Å². The van der Waals surface area contributed by atoms with Gasteiger partial charge in [-0.05, 0) is 17.7 Å². The largest absolute Gasteiger partial charge is 0.434 e. The maximum Gasteiger partial charge on any atom is 0.434 e. The molecule has 0 saturated carbocycles. The average Bonchev–Trinajstić information content (AvgIpc) is 3.34. The smallest absolute Gasteiger partial charge is 0.364 e. The van der Waals surface area contributed by atoms with Crippen molar-refractivity contribution in [3.05, 3.63) is 58.1 Å². The van der Waals surface area contributed by atoms with Crippen LogP contribution in [-0.4, -0.2) is 31.1 Å². The molecule has 144 valence electrons. The molecule has 0 aliphatic carbocycles. The maximum atomic E-state index is 12.6. The van der Waals surface area contributed by atoms with Gasteiger partial charge in [0.15, 0.2) is 11.7 Å². The van der Waals surface area contributed by atoms with Crippen molar-refractivity contribution in [1.82, 2.24) is 15.6 Å². The molecule has 0 radical (unpaired) electrons. The number of rotatable bonds is 5. The van der Waals surface area contributed by atoms with Crippen LogP contribution in [0.15, 0.2) is 46.8 Å². The third-order valence-electron chi connectivity index (χ3n) is 4.05. The average molecular weight is 395 g/mol. The molecule has 0 atom stereocenters. The Morgan fingerprint density at radius 1 is 1.15 bits per heavy atom. The molecule has 0 bridgehead atoms. The lowest BCUT2D eigenvalue weighted by Gasteiger charge is -2.18. The van der Waals surface area contributed by atoms with Gasteiger partial charge in [-0.15, -0.1) is 11.3 Å². The van der Waals surface area contributed by atoms with Crippen LogP contribution in [0.2, 0.25) is 0 Å². The molecule has 9 heteroatoms. The third kappa shape index (κ3) is 5.22. The molecule has 2 heterocycles. The normalized spacial score (nSPS) is 14.7. The molecule has 1 aromatic heterocycles. The van der Waals surface area contributed by atoms with Gasteiger partial charge in [0.2, 0.25) is 0 Å². The van der Waals surface area contributed by atoms with Gasteiger partial charge in [-0.1, -0.05) is 24.3 Å². The topological polar surface area (TPSA) is 52.6 Å². The Morgan fingerprint density at radius 2 is 1.81 bits per heavy atom. The molecule has 0 saturated heterocycles. The summed E-state index contributed by atoms with van der Waals surface area (Å²) in [5.74, 6) is 0.506. The van der Waals surface area contributed by atoms with Gasteiger partial charge in [0.1, 0.15) is 5.01 Å². The van der Waals surface area contributed by atoms with Gasteiger partial charge in [-0.25, -0.2) is 4.98 Å². The van der Waals surface area contributed by atoms with Crippen LogP contribution in [0.3, 0.4) is 0 Å². The minimum atomic E-state index is -4.41. The first-order valence-electron chi connectivity index (χ1n) is 8.40. The van der Waals surface area contributed by atoms with Gasteiger partial charge in [0.05, 0.1) is 6.54 Å². The van der Waals surface area contributed by atoms with E-state index in [1.54, 1.807) is 7.05 Å². The van der Waals surface area contributed by atoms with E-state index in [2.05, 4.69) is 49.8 Å². The summed E-state index contributed by atoms with van der Waals surface area (Å²) >= 11 is 0.971. The summed E-state index contributed by atoms with van der Waals surface area (Å²) in [6, 6.07) is 8.25. The molecule has 0 spiro atoms. The molecule has 27 heavy (non-hydrogen) atoms. The molecule has 1 aliphatic heterocycles. The molecule has 1 aliphatic rings. The number of aliphatic imine (C=N–C) groups is 1. The van der Waals surface area contributed by atoms with Crippen molar-refractivity contribution in [2.45, 2.75) is 19.3 Å². The van der Waals surface area contributed by atoms with Gasteiger partial charge in [0.25, 0.3) is 0 Å². The number of hydrogen-bond donors (Lipinski definition) is 2. The van der Waals surface area contributed by atoms with Crippen LogP contribution in [0.25, 0.3) is 0 Å². The zero-order chi connectivity index (χ0) is 19.3. The van der Waals surface area contributed by atoms with E-state index in [0.29, 0.717) is 17.5 Å². The Hall–Kier alpha value is -2.55. The number of guanidine groups is 1. The number of halogens is 3. The summed E-state index contributed by atoms with van der Waals surface area (Å²) in [4.78, 5) is 9.94. The van der Waals surface area contributed by atoms with Crippen molar-refractivity contribution < 1.29 is 13.2 Å². The van der Waals surface area contributed by atoms with Crippen LogP contribution < -0.4 is 15.5 Å². The van der Waals surface area contributed by atoms with Crippen molar-refractivity contribution in [3.63, 3.8) is 0 Å². The first-order chi connectivity index (χ1) is 13.0. The highest BCUT2D eigenvalue weighted by Crippen LogP contribution is 2.29. The Balaban J connectivity index is 1.48. The summed E-state index contributed by atoms with van der Waals surface area (Å²) in [5.41, 5.74) is 1.40. The van der Waals surface area contributed by atoms with Crippen molar-refractivity contribution >= 4 is 23.0 Å². The van der Waals surface area contributed by atoms with Crippen molar-refractivity contribution in [2.24, 2.45) is 4.99 Å². The molecule has 1 aromatic carbocycles. The van der Waals surface area contributed by atoms with Crippen LogP contribution >= 0.6 is 11.3 Å². The highest BCUT2D eigenvalue weighted by Gasteiger charge is 2.33. The second-order valence-corrected chi connectivity index (χ2v) is 6.89. The number of thiazole rings is 1. The van der Waals surface area contributed by atoms with Crippen LogP contribution in [-0.2, 0) is 19.3 Å². The van der Waals surface area contributed by atoms with E-state index in [9.17, 15) is 13.2 Å². The van der Waals surface area contributed by atoms with E-state index in [-0.39, 0.29) is 6.54 Å². The molecule has 0 unspecified atom stereocenters. The Labute approximate surface area is 159 Å². The number of aromatic nitrogens is 1. The van der Waals surface area contributed by atoms with Crippen LogP contribution in [0, 0.1) is 0 Å². The van der Waals surface area contributed by atoms with E-state index >= 15 is 0 Å². The molecular formula is C18H20F3N5S. The van der Waals surface area contributed by atoms with E-state index in [0.717, 1.165) is 35.4 Å². The minimum absolute atomic E-state index is 0.182. The van der Waals surface area contributed by atoms with Crippen molar-refractivity contribution in [2.75, 3.05) is 25.0 Å². The lowest BCUT2D eigenvalue weighted by atomic mass is 10.2. The van der Waals surface area contributed by atoms with Gasteiger partial charge >= 0.3 is 6.18 Å². The Bertz CT molecular complexity index is 803. The zero-order valence-corrected chi connectivity index (χ0v) is 15.6. The number of hydrogen-bond acceptors (Lipinski definition) is 4. The zero-order valence-electron chi connectivity index (χ0n) is 14.8. The second-order valence-electron chi connectivity index (χ2n) is 5.95. The maximum absolute atomic E-state index is 12.6. The third-order valence-corrected chi connectivity index (χ3v) is 4.90. The van der Waals surface area contributed by atoms with E-state index in [4.69, 9.17) is 0 Å². The van der Waals surface area contributed by atoms with Crippen LogP contribution in [0.4, 0.5) is 18.9 Å². The summed E-state index contributed by atoms with van der Waals surface area (Å²) < 4.78 is 37.7. The molecule has 2 aromatic rings. The molecular weight excluding hydrogens is 375 g/mol. The van der Waals surface area contributed by atoms with Crippen molar-refractivity contribution in [3.8, 4) is 0 Å². The fraction of sp³-hybridized carbons (Fsp3) is 0.333. The van der Waals surface area contributed by atoms with Gasteiger partial charge in [0, 0.05) is 37.7 Å². The number of nitrogens with zero attached hydrogens (tertiary/aromatic N) is 3. The fourth-order valence-corrected chi connectivity index (χ4v) is 3.34. The van der Waals surface area contributed by atoms with Gasteiger partial charge in [-0.2, -0.15) is 13.2 Å². The predicted molar refractivity (Wildman–Crippen MR) is 102 cm³/mol. The number of anilines is 1. The Kier molecular flexibility index (Phi) is 6.00. The SMILES string of the molecule is CN=C(NCc1ccc(N2CC=CC2)cc1)NCc1nc(C(F)(F)F)cs1. The van der Waals surface area contributed by atoms with E-state index in [1.807, 2.05) is 12.1 Å². The number of alkyl halides is 3. The first-order valence-corrected chi connectivity index (χ1v) is 9.28. The molecule has 3 rings (SSSR count). The monoisotopic (exact) mass is 395 g/mol. The Morgan fingerprint density at radius 3 is 2.41 bits per heavy atom. The standard InChI is InChI=1S/C18H20F3N5S/c1-22-17(24-11-16-25-15(12-27-16)18(19,20)21)23-10-13-4-6-14(7-5-13)26-8-2-3-9-26/h2-7,12H,8-11H2,1H3,(H2,22,23,24). The summed E-state index contributed by atoms with van der Waals surface area (Å²) in [6.45, 7) is 2.60. The van der Waals surface area contributed by atoms with Gasteiger partial charge < -0.3 is 15.5 Å². The predicted octanol–water partition coefficient (Wildman–Crippen LogP) is 3.40. The van der Waals surface area contributed by atoms with E-state index in [1.165, 1.54) is 5.69 Å². The molecule has 5 nitrogen and oxygen atoms in total. The highest BCUT2D eigenvalue weighted by molar-refractivity contribution is 7.09. The number of nitrogens with one attached hydrogen (secondary N) is 2. The van der Waals surface area contributed by atoms with Crippen LogP contribution in [0.1, 0.15) is 16.3 Å². The molecule has 2 N–H and O–H groups in total. The highest BCUT2D eigenvalue weighted by atomic mass is 32.1. The summed E-state index contributed by atoms with van der Waals surface area (Å²) in [6.07, 6.45) is -0.123. The minimum Gasteiger partial charge on any atom is -0.364 e. The lowest BCUT2D eigenvalue weighted by Crippen LogP contribution is -2.36.